The number of hydrogen-bond donors (Lipinski definition) is 0. The van der Waals surface area contributed by atoms with Crippen LogP contribution in [-0.2, 0) is 26.2 Å². The third-order valence-electron chi connectivity index (χ3n) is 3.57. The maximum Gasteiger partial charge on any atom is 0.573 e. The van der Waals surface area contributed by atoms with Crippen LogP contribution in [0.3, 0.4) is 0 Å². The van der Waals surface area contributed by atoms with Crippen LogP contribution in [-0.4, -0.2) is 39.4 Å². The molecule has 0 unspecified atom stereocenters. The van der Waals surface area contributed by atoms with Crippen molar-refractivity contribution in [3.05, 3.63) is 58.6 Å². The van der Waals surface area contributed by atoms with Gasteiger partial charge in [-0.1, -0.05) is 28.2 Å². The van der Waals surface area contributed by atoms with E-state index in [0.717, 1.165) is 32.4 Å². The van der Waals surface area contributed by atoms with E-state index >= 15 is 0 Å². The summed E-state index contributed by atoms with van der Waals surface area (Å²) in [6.45, 7) is -0.256. The van der Waals surface area contributed by atoms with Crippen LogP contribution in [0.25, 0.3) is 0 Å². The van der Waals surface area contributed by atoms with Crippen molar-refractivity contribution in [3.63, 3.8) is 0 Å². The highest BCUT2D eigenvalue weighted by atomic mass is 35.5. The maximum absolute atomic E-state index is 12.3. The van der Waals surface area contributed by atoms with Gasteiger partial charge in [0.05, 0.1) is 17.7 Å². The summed E-state index contributed by atoms with van der Waals surface area (Å²) in [5.74, 6) is -1.27. The number of alkyl halides is 3. The molecule has 0 aliphatic rings. The Kier molecular flexibility index (Phi) is 7.11. The van der Waals surface area contributed by atoms with Crippen LogP contribution in [0.4, 0.5) is 13.2 Å². The SMILES string of the molecule is CON(C)S(=O)(=O)c1cc(C(=O)OCc2ccc(OC(F)(F)F)cc2)ccc1Cl. The lowest BCUT2D eigenvalue weighted by Crippen LogP contribution is -2.26. The van der Waals surface area contributed by atoms with E-state index in [1.54, 1.807) is 0 Å². The van der Waals surface area contributed by atoms with Crippen molar-refractivity contribution < 1.29 is 40.7 Å². The number of benzene rings is 2. The fraction of sp³-hybridized carbons (Fsp3) is 0.235. The van der Waals surface area contributed by atoms with Gasteiger partial charge in [0.1, 0.15) is 17.3 Å². The molecule has 0 saturated carbocycles. The molecule has 0 aromatic heterocycles. The Labute approximate surface area is 169 Å². The minimum absolute atomic E-state index is 0.0884. The number of halogens is 4. The molecule has 12 heteroatoms. The topological polar surface area (TPSA) is 82.1 Å². The van der Waals surface area contributed by atoms with Crippen molar-refractivity contribution in [2.24, 2.45) is 0 Å². The molecule has 158 valence electrons. The highest BCUT2D eigenvalue weighted by Crippen LogP contribution is 2.26. The van der Waals surface area contributed by atoms with E-state index in [9.17, 15) is 26.4 Å². The number of hydroxylamine groups is 1. The highest BCUT2D eigenvalue weighted by Gasteiger charge is 2.31. The fourth-order valence-corrected chi connectivity index (χ4v) is 3.56. The van der Waals surface area contributed by atoms with Crippen LogP contribution >= 0.6 is 11.6 Å². The molecule has 2 rings (SSSR count). The molecule has 0 N–H and O–H groups in total. The molecular weight excluding hydrogens is 439 g/mol. The third kappa shape index (κ3) is 6.07. The molecule has 0 aliphatic carbocycles. The zero-order chi connectivity index (χ0) is 21.8. The molecule has 2 aromatic carbocycles. The van der Waals surface area contributed by atoms with Gasteiger partial charge in [0, 0.05) is 7.05 Å². The number of esters is 1. The van der Waals surface area contributed by atoms with Crippen LogP contribution in [0.2, 0.25) is 5.02 Å². The molecule has 0 bridgehead atoms. The predicted octanol–water partition coefficient (Wildman–Crippen LogP) is 3.78. The summed E-state index contributed by atoms with van der Waals surface area (Å²) >= 11 is 5.91. The smallest absolute Gasteiger partial charge is 0.457 e. The van der Waals surface area contributed by atoms with Crippen LogP contribution in [0.1, 0.15) is 15.9 Å². The second-order valence-corrected chi connectivity index (χ2v) is 7.82. The minimum Gasteiger partial charge on any atom is -0.457 e. The molecule has 2 aromatic rings. The molecule has 0 fully saturated rings. The summed E-state index contributed by atoms with van der Waals surface area (Å²) < 4.78 is 70.5. The maximum atomic E-state index is 12.3. The molecule has 0 spiro atoms. The van der Waals surface area contributed by atoms with Gasteiger partial charge in [-0.3, -0.25) is 4.84 Å². The number of sulfonamides is 1. The Morgan fingerprint density at radius 2 is 1.76 bits per heavy atom. The first-order valence-electron chi connectivity index (χ1n) is 7.78. The van der Waals surface area contributed by atoms with Crippen LogP contribution in [0.5, 0.6) is 5.75 Å². The second kappa shape index (κ2) is 8.99. The van der Waals surface area contributed by atoms with Gasteiger partial charge >= 0.3 is 12.3 Å². The van der Waals surface area contributed by atoms with E-state index in [1.165, 1.54) is 24.3 Å². The average Bonchev–Trinajstić information content (AvgIpc) is 2.65. The number of rotatable bonds is 7. The van der Waals surface area contributed by atoms with Gasteiger partial charge in [-0.2, -0.15) is 0 Å². The van der Waals surface area contributed by atoms with Crippen molar-refractivity contribution >= 4 is 27.6 Å². The highest BCUT2D eigenvalue weighted by molar-refractivity contribution is 7.89. The lowest BCUT2D eigenvalue weighted by Gasteiger charge is -2.15. The van der Waals surface area contributed by atoms with Gasteiger partial charge in [-0.25, -0.2) is 13.2 Å². The number of nitrogens with zero attached hydrogens (tertiary/aromatic N) is 1. The third-order valence-corrected chi connectivity index (χ3v) is 5.73. The predicted molar refractivity (Wildman–Crippen MR) is 95.7 cm³/mol. The zero-order valence-corrected chi connectivity index (χ0v) is 16.6. The van der Waals surface area contributed by atoms with Gasteiger partial charge in [0.15, 0.2) is 0 Å². The molecule has 0 atom stereocenters. The van der Waals surface area contributed by atoms with E-state index in [4.69, 9.17) is 16.3 Å². The Morgan fingerprint density at radius 1 is 1.14 bits per heavy atom. The first-order chi connectivity index (χ1) is 13.4. The summed E-state index contributed by atoms with van der Waals surface area (Å²) in [4.78, 5) is 16.5. The lowest BCUT2D eigenvalue weighted by molar-refractivity contribution is -0.274. The Bertz CT molecular complexity index is 980. The van der Waals surface area contributed by atoms with Gasteiger partial charge < -0.3 is 9.47 Å². The van der Waals surface area contributed by atoms with Gasteiger partial charge in [-0.05, 0) is 35.9 Å². The first-order valence-corrected chi connectivity index (χ1v) is 9.60. The molecule has 29 heavy (non-hydrogen) atoms. The number of hydrogen-bond acceptors (Lipinski definition) is 6. The van der Waals surface area contributed by atoms with Crippen molar-refractivity contribution in [1.82, 2.24) is 4.47 Å². The van der Waals surface area contributed by atoms with Crippen LogP contribution in [0.15, 0.2) is 47.4 Å². The summed E-state index contributed by atoms with van der Waals surface area (Å²) in [6, 6.07) is 8.26. The van der Waals surface area contributed by atoms with E-state index in [2.05, 4.69) is 9.57 Å². The Balaban J connectivity index is 2.11. The van der Waals surface area contributed by atoms with Crippen molar-refractivity contribution in [3.8, 4) is 5.75 Å². The van der Waals surface area contributed by atoms with Crippen molar-refractivity contribution in [1.29, 1.82) is 0 Å². The second-order valence-electron chi connectivity index (χ2n) is 5.51. The van der Waals surface area contributed by atoms with Crippen molar-refractivity contribution in [2.75, 3.05) is 14.2 Å². The summed E-state index contributed by atoms with van der Waals surface area (Å²) in [6.07, 6.45) is -4.81. The largest absolute Gasteiger partial charge is 0.573 e. The number of carbonyl (C=O) groups excluding carboxylic acids is 1. The van der Waals surface area contributed by atoms with Gasteiger partial charge in [-0.15, -0.1) is 13.2 Å². The number of carbonyl (C=O) groups is 1. The fourth-order valence-electron chi connectivity index (χ4n) is 2.08. The molecule has 0 amide bonds. The zero-order valence-electron chi connectivity index (χ0n) is 15.1. The summed E-state index contributed by atoms with van der Waals surface area (Å²) in [5, 5.41) is -0.120. The Hall–Kier alpha value is -2.34. The van der Waals surface area contributed by atoms with Crippen LogP contribution < -0.4 is 4.74 Å². The van der Waals surface area contributed by atoms with E-state index in [0.29, 0.717) is 10.0 Å². The molecule has 0 heterocycles. The summed E-state index contributed by atoms with van der Waals surface area (Å²) in [5.41, 5.74) is 0.309. The monoisotopic (exact) mass is 453 g/mol. The quantitative estimate of drug-likeness (QED) is 0.469. The van der Waals surface area contributed by atoms with Crippen molar-refractivity contribution in [2.45, 2.75) is 17.9 Å². The molecule has 0 aliphatic heterocycles. The first kappa shape index (κ1) is 22.9. The molecular formula is C17H15ClF3NO6S. The van der Waals surface area contributed by atoms with Crippen LogP contribution in [0, 0.1) is 0 Å². The van der Waals surface area contributed by atoms with E-state index in [-0.39, 0.29) is 22.1 Å². The lowest BCUT2D eigenvalue weighted by atomic mass is 10.2. The molecule has 0 saturated heterocycles. The molecule has 0 radical (unpaired) electrons. The van der Waals surface area contributed by atoms with Gasteiger partial charge in [0.25, 0.3) is 10.0 Å². The van der Waals surface area contributed by atoms with E-state index < -0.39 is 28.1 Å². The normalized spacial score (nSPS) is 12.1. The Morgan fingerprint density at radius 3 is 2.31 bits per heavy atom. The standard InChI is InChI=1S/C17H15ClF3NO6S/c1-22(26-2)29(24,25)15-9-12(5-8-14(15)18)16(23)27-10-11-3-6-13(7-4-11)28-17(19,20)21/h3-9H,10H2,1-2H3. The summed E-state index contributed by atoms with van der Waals surface area (Å²) in [7, 11) is -1.79. The van der Waals surface area contributed by atoms with E-state index in [1.807, 2.05) is 0 Å². The molecule has 7 nitrogen and oxygen atoms in total. The minimum atomic E-state index is -4.81. The average molecular weight is 454 g/mol. The number of ether oxygens (including phenoxy) is 2. The van der Waals surface area contributed by atoms with Gasteiger partial charge in [0.2, 0.25) is 0 Å².